The Balaban J connectivity index is 1.37. The van der Waals surface area contributed by atoms with Gasteiger partial charge in [0.2, 0.25) is 11.8 Å². The molecule has 2 amide bonds. The Kier molecular flexibility index (Phi) is 4.93. The molecule has 6 heteroatoms. The Bertz CT molecular complexity index is 790. The number of carbonyl (C=O) groups excluding carboxylic acids is 2. The van der Waals surface area contributed by atoms with Crippen LogP contribution in [0.15, 0.2) is 41.8 Å². The van der Waals surface area contributed by atoms with Crippen molar-refractivity contribution in [3.8, 4) is 0 Å². The van der Waals surface area contributed by atoms with E-state index >= 15 is 0 Å². The molecule has 26 heavy (non-hydrogen) atoms. The molecule has 136 valence electrons. The highest BCUT2D eigenvalue weighted by Gasteiger charge is 2.35. The fourth-order valence-corrected chi connectivity index (χ4v) is 4.51. The van der Waals surface area contributed by atoms with Gasteiger partial charge in [-0.1, -0.05) is 18.2 Å². The van der Waals surface area contributed by atoms with Gasteiger partial charge in [0.1, 0.15) is 0 Å². The number of para-hydroxylation sites is 2. The number of hydrogen-bond donors (Lipinski definition) is 1. The smallest absolute Gasteiger partial charge is 0.227 e. The molecule has 1 aromatic heterocycles. The third kappa shape index (κ3) is 3.46. The number of anilines is 2. The Morgan fingerprint density at radius 2 is 1.96 bits per heavy atom. The summed E-state index contributed by atoms with van der Waals surface area (Å²) in [7, 11) is 0. The van der Waals surface area contributed by atoms with Crippen LogP contribution in [0.3, 0.4) is 0 Å². The van der Waals surface area contributed by atoms with Gasteiger partial charge in [-0.15, -0.1) is 11.3 Å². The summed E-state index contributed by atoms with van der Waals surface area (Å²) in [5, 5.41) is 4.88. The minimum Gasteiger partial charge on any atom is -0.365 e. The molecule has 0 bridgehead atoms. The van der Waals surface area contributed by atoms with Crippen LogP contribution in [-0.2, 0) is 16.1 Å². The first-order chi connectivity index (χ1) is 12.7. The number of amides is 2. The predicted octanol–water partition coefficient (Wildman–Crippen LogP) is 3.16. The van der Waals surface area contributed by atoms with Crippen LogP contribution in [0.25, 0.3) is 0 Å². The van der Waals surface area contributed by atoms with Gasteiger partial charge in [0.15, 0.2) is 0 Å². The highest BCUT2D eigenvalue weighted by Crippen LogP contribution is 2.39. The molecule has 5 nitrogen and oxygen atoms in total. The fourth-order valence-electron chi connectivity index (χ4n) is 3.87. The van der Waals surface area contributed by atoms with E-state index in [9.17, 15) is 9.59 Å². The number of nitrogens with zero attached hydrogens (tertiary/aromatic N) is 2. The lowest BCUT2D eigenvalue weighted by molar-refractivity contribution is -0.125. The molecule has 1 fully saturated rings. The lowest BCUT2D eigenvalue weighted by Gasteiger charge is -2.40. The second-order valence-corrected chi connectivity index (χ2v) is 7.87. The number of thiophene rings is 1. The molecule has 1 aromatic carbocycles. The first-order valence-electron chi connectivity index (χ1n) is 9.17. The molecule has 2 aliphatic rings. The van der Waals surface area contributed by atoms with E-state index in [4.69, 9.17) is 0 Å². The number of fused-ring (bicyclic) bond motifs is 3. The average molecular weight is 369 g/mol. The summed E-state index contributed by atoms with van der Waals surface area (Å²) in [6.45, 7) is 2.33. The van der Waals surface area contributed by atoms with Crippen molar-refractivity contribution in [2.24, 2.45) is 0 Å². The van der Waals surface area contributed by atoms with Crippen molar-refractivity contribution < 1.29 is 9.59 Å². The van der Waals surface area contributed by atoms with Gasteiger partial charge in [-0.05, 0) is 36.4 Å². The number of carbonyl (C=O) groups is 2. The van der Waals surface area contributed by atoms with E-state index in [0.717, 1.165) is 35.8 Å². The zero-order chi connectivity index (χ0) is 17.9. The lowest BCUT2D eigenvalue weighted by Crippen LogP contribution is -2.48. The Labute approximate surface area is 157 Å². The second-order valence-electron chi connectivity index (χ2n) is 6.84. The monoisotopic (exact) mass is 369 g/mol. The zero-order valence-electron chi connectivity index (χ0n) is 14.7. The predicted molar refractivity (Wildman–Crippen MR) is 105 cm³/mol. The van der Waals surface area contributed by atoms with Crippen LogP contribution < -0.4 is 15.1 Å². The molecule has 0 saturated carbocycles. The summed E-state index contributed by atoms with van der Waals surface area (Å²) in [5.74, 6) is -0.0326. The molecule has 0 radical (unpaired) electrons. The van der Waals surface area contributed by atoms with E-state index < -0.39 is 0 Å². The Morgan fingerprint density at radius 3 is 2.77 bits per heavy atom. The highest BCUT2D eigenvalue weighted by atomic mass is 32.1. The van der Waals surface area contributed by atoms with Crippen molar-refractivity contribution >= 4 is 34.5 Å². The summed E-state index contributed by atoms with van der Waals surface area (Å²) < 4.78 is 0. The molecule has 0 spiro atoms. The molecule has 1 atom stereocenters. The number of nitrogens with one attached hydrogen (secondary N) is 1. The van der Waals surface area contributed by atoms with E-state index in [1.165, 1.54) is 6.42 Å². The third-order valence-corrected chi connectivity index (χ3v) is 6.04. The third-order valence-electron chi connectivity index (χ3n) is 5.16. The highest BCUT2D eigenvalue weighted by molar-refractivity contribution is 7.09. The molecular formula is C20H23N3O2S. The van der Waals surface area contributed by atoms with Crippen LogP contribution >= 0.6 is 11.3 Å². The van der Waals surface area contributed by atoms with Crippen LogP contribution in [0, 0.1) is 0 Å². The van der Waals surface area contributed by atoms with Crippen molar-refractivity contribution in [2.75, 3.05) is 22.9 Å². The van der Waals surface area contributed by atoms with E-state index in [1.54, 1.807) is 11.3 Å². The van der Waals surface area contributed by atoms with Crippen LogP contribution in [0.5, 0.6) is 0 Å². The molecular weight excluding hydrogens is 346 g/mol. The molecule has 3 heterocycles. The van der Waals surface area contributed by atoms with E-state index in [-0.39, 0.29) is 24.7 Å². The fraction of sp³-hybridized carbons (Fsp3) is 0.400. The van der Waals surface area contributed by atoms with E-state index in [1.807, 2.05) is 40.6 Å². The SMILES string of the molecule is O=C(CCC(=O)N1CC2CCCN2c2ccccc21)NCc1cccs1. The van der Waals surface area contributed by atoms with E-state index in [2.05, 4.69) is 16.3 Å². The van der Waals surface area contributed by atoms with Gasteiger partial charge in [-0.3, -0.25) is 9.59 Å². The average Bonchev–Trinajstić information content (AvgIpc) is 3.35. The summed E-state index contributed by atoms with van der Waals surface area (Å²) >= 11 is 1.62. The van der Waals surface area contributed by atoms with Gasteiger partial charge in [-0.25, -0.2) is 0 Å². The molecule has 2 aromatic rings. The molecule has 1 N–H and O–H groups in total. The summed E-state index contributed by atoms with van der Waals surface area (Å²) in [6.07, 6.45) is 2.78. The summed E-state index contributed by atoms with van der Waals surface area (Å²) in [6, 6.07) is 12.5. The number of hydrogen-bond acceptors (Lipinski definition) is 4. The summed E-state index contributed by atoms with van der Waals surface area (Å²) in [5.41, 5.74) is 2.13. The van der Waals surface area contributed by atoms with Crippen LogP contribution in [-0.4, -0.2) is 30.9 Å². The summed E-state index contributed by atoms with van der Waals surface area (Å²) in [4.78, 5) is 30.3. The number of benzene rings is 1. The maximum Gasteiger partial charge on any atom is 0.227 e. The molecule has 0 aliphatic carbocycles. The van der Waals surface area contributed by atoms with Crippen molar-refractivity contribution in [3.05, 3.63) is 46.7 Å². The van der Waals surface area contributed by atoms with Gasteiger partial charge in [0.05, 0.1) is 17.9 Å². The van der Waals surface area contributed by atoms with Crippen LogP contribution in [0.4, 0.5) is 11.4 Å². The van der Waals surface area contributed by atoms with Gasteiger partial charge in [0, 0.05) is 36.9 Å². The van der Waals surface area contributed by atoms with Crippen LogP contribution in [0.2, 0.25) is 0 Å². The van der Waals surface area contributed by atoms with Gasteiger partial charge < -0.3 is 15.1 Å². The van der Waals surface area contributed by atoms with Crippen molar-refractivity contribution in [2.45, 2.75) is 38.3 Å². The van der Waals surface area contributed by atoms with Gasteiger partial charge in [-0.2, -0.15) is 0 Å². The van der Waals surface area contributed by atoms with Gasteiger partial charge >= 0.3 is 0 Å². The maximum atomic E-state index is 12.8. The molecule has 1 unspecified atom stereocenters. The van der Waals surface area contributed by atoms with Crippen LogP contribution in [0.1, 0.15) is 30.6 Å². The van der Waals surface area contributed by atoms with Crippen molar-refractivity contribution in [1.82, 2.24) is 5.32 Å². The Morgan fingerprint density at radius 1 is 1.12 bits per heavy atom. The minimum absolute atomic E-state index is 0.0373. The molecule has 2 aliphatic heterocycles. The molecule has 1 saturated heterocycles. The topological polar surface area (TPSA) is 52.7 Å². The maximum absolute atomic E-state index is 12.8. The van der Waals surface area contributed by atoms with E-state index in [0.29, 0.717) is 12.6 Å². The first-order valence-corrected chi connectivity index (χ1v) is 10.1. The minimum atomic E-state index is -0.0699. The van der Waals surface area contributed by atoms with Gasteiger partial charge in [0.25, 0.3) is 0 Å². The van der Waals surface area contributed by atoms with Crippen molar-refractivity contribution in [3.63, 3.8) is 0 Å². The normalized spacial score (nSPS) is 18.4. The zero-order valence-corrected chi connectivity index (χ0v) is 15.5. The second kappa shape index (κ2) is 7.50. The first kappa shape index (κ1) is 17.1. The lowest BCUT2D eigenvalue weighted by atomic mass is 10.1. The largest absolute Gasteiger partial charge is 0.365 e. The Hall–Kier alpha value is -2.34. The molecule has 4 rings (SSSR count). The van der Waals surface area contributed by atoms with Crippen molar-refractivity contribution in [1.29, 1.82) is 0 Å². The number of rotatable bonds is 5. The quantitative estimate of drug-likeness (QED) is 0.881. The standard InChI is InChI=1S/C20H23N3O2S/c24-19(21-13-16-6-4-12-26-16)9-10-20(25)23-14-15-5-3-11-22(15)17-7-1-2-8-18(17)23/h1-2,4,6-8,12,15H,3,5,9-11,13-14H2,(H,21,24).